The number of nitrogens with one attached hydrogen (secondary N) is 10. The van der Waals surface area contributed by atoms with Gasteiger partial charge in [-0.3, -0.25) is 57.7 Å². The van der Waals surface area contributed by atoms with Crippen molar-refractivity contribution in [2.24, 2.45) is 34.0 Å². The van der Waals surface area contributed by atoms with E-state index in [1.54, 1.807) is 74.6 Å². The number of nitrogens with zero attached hydrogens (tertiary/aromatic N) is 1. The number of aromatic amines is 1. The predicted octanol–water partition coefficient (Wildman–Crippen LogP) is -4.02. The number of benzene rings is 2. The van der Waals surface area contributed by atoms with Crippen LogP contribution < -0.4 is 65.1 Å². The molecule has 20 N–H and O–H groups in total. The molecule has 1 aromatic heterocycles. The molecule has 82 heavy (non-hydrogen) atoms. The molecule has 9 amide bonds. The molecule has 29 heteroatoms. The highest BCUT2D eigenvalue weighted by molar-refractivity contribution is 5.99. The van der Waals surface area contributed by atoms with Gasteiger partial charge in [0, 0.05) is 36.5 Å². The maximum Gasteiger partial charge on any atom is 0.322 e. The molecule has 0 saturated carbocycles. The Labute approximate surface area is 472 Å². The van der Waals surface area contributed by atoms with Crippen LogP contribution >= 0.6 is 0 Å². The van der Waals surface area contributed by atoms with E-state index in [4.69, 9.17) is 22.3 Å². The number of aliphatic hydroxyl groups is 2. The number of aliphatic imine (C=N–C) groups is 1. The van der Waals surface area contributed by atoms with Crippen molar-refractivity contribution in [2.45, 2.75) is 141 Å². The third-order valence-electron chi connectivity index (χ3n) is 13.0. The lowest BCUT2D eigenvalue weighted by molar-refractivity contribution is -0.142. The highest BCUT2D eigenvalue weighted by atomic mass is 16.4. The summed E-state index contributed by atoms with van der Waals surface area (Å²) in [6.45, 7) is 7.05. The second kappa shape index (κ2) is 33.1. The summed E-state index contributed by atoms with van der Waals surface area (Å²) < 4.78 is 0. The topological polar surface area (TPSA) is 483 Å². The van der Waals surface area contributed by atoms with Crippen LogP contribution in [0.1, 0.15) is 78.4 Å². The number of carboxylic acid groups (broad SMARTS) is 2. The summed E-state index contributed by atoms with van der Waals surface area (Å²) in [6, 6.07) is 1.76. The third kappa shape index (κ3) is 21.7. The Morgan fingerprint density at radius 3 is 1.68 bits per heavy atom. The number of carbonyl (C=O) groups is 11. The minimum atomic E-state index is -1.89. The number of aliphatic hydroxyl groups excluding tert-OH is 2. The first-order valence-electron chi connectivity index (χ1n) is 26.5. The van der Waals surface area contributed by atoms with Crippen molar-refractivity contribution in [1.82, 2.24) is 52.8 Å². The highest BCUT2D eigenvalue weighted by Gasteiger charge is 2.38. The third-order valence-corrected chi connectivity index (χ3v) is 13.0. The average Bonchev–Trinajstić information content (AvgIpc) is 3.89. The van der Waals surface area contributed by atoms with Crippen LogP contribution in [0.5, 0.6) is 0 Å². The van der Waals surface area contributed by atoms with Crippen molar-refractivity contribution in [2.75, 3.05) is 19.7 Å². The molecule has 0 aliphatic heterocycles. The zero-order valence-electron chi connectivity index (χ0n) is 46.5. The standard InChI is InChI=1S/C53H78N14O15/c1-7-27(4)42(51(81)64-38(25-68)49(79)62-35(45(75)59-24-40(72)73)20-30-14-9-8-10-15-30)66-46(76)34(18-13-19-57-53(55)56)60-50(80)41(26(2)3)65-52(82)43(29(6)69)67-48(78)37(22-39(70)71)63-47(77)36(61-44(74)28(5)54)21-31-23-58-33-17-12-11-16-32(31)33/h8-12,14-17,23,26-29,34-38,41-43,58,68-69H,7,13,18-22,24-25,54H2,1-6H3,(H,59,75)(H,60,80)(H,61,74)(H,62,79)(H,63,77)(H,64,81)(H,65,82)(H,66,76)(H,67,78)(H,70,71)(H,72,73)(H4,55,56,57)/t27-,28-,29+,34-,35-,36-,37-,38-,41-,42-,43-/m0/s1. The average molecular weight is 1150 g/mol. The van der Waals surface area contributed by atoms with Crippen LogP contribution in [0.2, 0.25) is 0 Å². The van der Waals surface area contributed by atoms with E-state index < -0.39 is 157 Å². The summed E-state index contributed by atoms with van der Waals surface area (Å²) in [4.78, 5) is 154. The Bertz CT molecular complexity index is 2730. The molecule has 29 nitrogen and oxygen atoms in total. The lowest BCUT2D eigenvalue weighted by atomic mass is 9.96. The van der Waals surface area contributed by atoms with Crippen molar-refractivity contribution in [3.05, 3.63) is 71.9 Å². The summed E-state index contributed by atoms with van der Waals surface area (Å²) >= 11 is 0. The first kappa shape index (κ1) is 67.6. The van der Waals surface area contributed by atoms with Crippen LogP contribution in [-0.4, -0.2) is 177 Å². The second-order valence-electron chi connectivity index (χ2n) is 20.0. The zero-order chi connectivity index (χ0) is 61.4. The van der Waals surface area contributed by atoms with Crippen molar-refractivity contribution >= 4 is 82.0 Å². The highest BCUT2D eigenvalue weighted by Crippen LogP contribution is 2.20. The Kier molecular flexibility index (Phi) is 27.3. The Morgan fingerprint density at radius 2 is 1.10 bits per heavy atom. The molecule has 450 valence electrons. The maximum absolute atomic E-state index is 14.3. The number of para-hydroxylation sites is 1. The molecule has 0 fully saturated rings. The number of hydrogen-bond acceptors (Lipinski definition) is 15. The smallest absolute Gasteiger partial charge is 0.322 e. The van der Waals surface area contributed by atoms with Gasteiger partial charge in [-0.25, -0.2) is 0 Å². The number of fused-ring (bicyclic) bond motifs is 1. The molecule has 0 saturated heterocycles. The van der Waals surface area contributed by atoms with Gasteiger partial charge in [-0.2, -0.15) is 0 Å². The van der Waals surface area contributed by atoms with Crippen LogP contribution in [0.15, 0.2) is 65.8 Å². The predicted molar refractivity (Wildman–Crippen MR) is 297 cm³/mol. The van der Waals surface area contributed by atoms with Gasteiger partial charge in [0.25, 0.3) is 0 Å². The van der Waals surface area contributed by atoms with Crippen molar-refractivity contribution < 1.29 is 73.2 Å². The molecule has 11 atom stereocenters. The summed E-state index contributed by atoms with van der Waals surface area (Å²) in [5.41, 5.74) is 18.6. The first-order valence-corrected chi connectivity index (χ1v) is 26.5. The fourth-order valence-corrected chi connectivity index (χ4v) is 8.19. The number of aromatic nitrogens is 1. The van der Waals surface area contributed by atoms with Gasteiger partial charge in [-0.05, 0) is 55.7 Å². The monoisotopic (exact) mass is 1150 g/mol. The number of rotatable bonds is 34. The van der Waals surface area contributed by atoms with E-state index in [2.05, 4.69) is 57.8 Å². The summed E-state index contributed by atoms with van der Waals surface area (Å²) in [5, 5.41) is 62.5. The van der Waals surface area contributed by atoms with E-state index in [0.717, 1.165) is 6.92 Å². The molecule has 0 aliphatic carbocycles. The van der Waals surface area contributed by atoms with E-state index in [-0.39, 0.29) is 44.6 Å². The molecule has 0 bridgehead atoms. The van der Waals surface area contributed by atoms with Gasteiger partial charge in [-0.1, -0.05) is 82.6 Å². The number of amides is 9. The van der Waals surface area contributed by atoms with Crippen molar-refractivity contribution in [3.63, 3.8) is 0 Å². The lowest BCUT2D eigenvalue weighted by Crippen LogP contribution is -2.63. The molecule has 1 heterocycles. The fraction of sp³-hybridized carbons (Fsp3) is 0.509. The van der Waals surface area contributed by atoms with Gasteiger partial charge >= 0.3 is 11.9 Å². The summed E-state index contributed by atoms with van der Waals surface area (Å²) in [7, 11) is 0. The minimum absolute atomic E-state index is 0.0279. The molecule has 0 unspecified atom stereocenters. The number of guanidine groups is 1. The molecule has 0 aliphatic rings. The lowest BCUT2D eigenvalue weighted by Gasteiger charge is -2.30. The van der Waals surface area contributed by atoms with Crippen LogP contribution in [-0.2, 0) is 65.6 Å². The first-order chi connectivity index (χ1) is 38.7. The van der Waals surface area contributed by atoms with Crippen LogP contribution in [0.3, 0.4) is 0 Å². The Balaban J connectivity index is 1.85. The number of H-pyrrole nitrogens is 1. The Hall–Kier alpha value is -8.70. The van der Waals surface area contributed by atoms with E-state index >= 15 is 0 Å². The van der Waals surface area contributed by atoms with Crippen LogP contribution in [0.25, 0.3) is 10.9 Å². The zero-order valence-corrected chi connectivity index (χ0v) is 46.5. The van der Waals surface area contributed by atoms with Gasteiger partial charge in [0.2, 0.25) is 53.2 Å². The molecule has 3 rings (SSSR count). The summed E-state index contributed by atoms with van der Waals surface area (Å²) in [5.74, 6) is -13.5. The molecule has 0 radical (unpaired) electrons. The molecule has 0 spiro atoms. The normalized spacial score (nSPS) is 15.1. The number of aliphatic carboxylic acids is 2. The molecular weight excluding hydrogens is 1070 g/mol. The molecule has 3 aromatic rings. The van der Waals surface area contributed by atoms with Gasteiger partial charge < -0.3 is 90.5 Å². The SMILES string of the molecule is CC[C@H](C)[C@H](NC(=O)[C@H](CCCN=C(N)N)NC(=O)[C@@H](NC(=O)[C@@H](NC(=O)[C@H](CC(=O)O)NC(=O)[C@H](Cc1c[nH]c2ccccc12)NC(=O)[C@H](C)N)[C@@H](C)O)C(C)C)C(=O)N[C@@H](CO)C(=O)N[C@@H](Cc1ccccc1)C(=O)NCC(=O)O. The quantitative estimate of drug-likeness (QED) is 0.0154. The second-order valence-corrected chi connectivity index (χ2v) is 20.0. The molecular formula is C53H78N14O15. The molecule has 2 aromatic carbocycles. The fourth-order valence-electron chi connectivity index (χ4n) is 8.19. The number of hydrogen-bond donors (Lipinski definition) is 17. The van der Waals surface area contributed by atoms with Crippen molar-refractivity contribution in [3.8, 4) is 0 Å². The van der Waals surface area contributed by atoms with Gasteiger partial charge in [0.05, 0.1) is 25.2 Å². The van der Waals surface area contributed by atoms with Crippen LogP contribution in [0, 0.1) is 11.8 Å². The summed E-state index contributed by atoms with van der Waals surface area (Å²) in [6.07, 6.45) is -1.20. The number of nitrogens with two attached hydrogens (primary N) is 3. The largest absolute Gasteiger partial charge is 0.481 e. The van der Waals surface area contributed by atoms with Gasteiger partial charge in [-0.15, -0.1) is 0 Å². The van der Waals surface area contributed by atoms with E-state index in [0.29, 0.717) is 22.0 Å². The Morgan fingerprint density at radius 1 is 0.585 bits per heavy atom. The van der Waals surface area contributed by atoms with Crippen molar-refractivity contribution in [1.29, 1.82) is 0 Å². The number of carbonyl (C=O) groups excluding carboxylic acids is 9. The number of carboxylic acids is 2. The van der Waals surface area contributed by atoms with E-state index in [1.807, 2.05) is 0 Å². The van der Waals surface area contributed by atoms with Gasteiger partial charge in [0.15, 0.2) is 5.96 Å². The maximum atomic E-state index is 14.3. The van der Waals surface area contributed by atoms with Crippen LogP contribution in [0.4, 0.5) is 0 Å². The van der Waals surface area contributed by atoms with E-state index in [1.165, 1.54) is 20.8 Å². The van der Waals surface area contributed by atoms with Gasteiger partial charge in [0.1, 0.15) is 54.9 Å². The van der Waals surface area contributed by atoms with E-state index in [9.17, 15) is 68.1 Å². The minimum Gasteiger partial charge on any atom is -0.481 e.